The number of ether oxygens (including phenoxy) is 1. The number of aliphatic hydroxyl groups excluding tert-OH is 2. The van der Waals surface area contributed by atoms with Gasteiger partial charge in [0, 0.05) is 6.42 Å². The summed E-state index contributed by atoms with van der Waals surface area (Å²) in [7, 11) is 0. The van der Waals surface area contributed by atoms with Crippen LogP contribution in [0.15, 0.2) is 24.3 Å². The lowest BCUT2D eigenvalue weighted by Crippen LogP contribution is -2.46. The zero-order valence-electron chi connectivity index (χ0n) is 41.8. The average molecular weight is 874 g/mol. The summed E-state index contributed by atoms with van der Waals surface area (Å²) in [6.45, 7) is 6.50. The van der Waals surface area contributed by atoms with Gasteiger partial charge in [0.15, 0.2) is 0 Å². The zero-order chi connectivity index (χ0) is 45.2. The summed E-state index contributed by atoms with van der Waals surface area (Å²) in [6, 6.07) is -0.705. The summed E-state index contributed by atoms with van der Waals surface area (Å²) >= 11 is 0. The van der Waals surface area contributed by atoms with Crippen molar-refractivity contribution in [1.82, 2.24) is 5.32 Å². The van der Waals surface area contributed by atoms with Gasteiger partial charge in [-0.3, -0.25) is 9.59 Å². The van der Waals surface area contributed by atoms with Crippen LogP contribution in [0.3, 0.4) is 0 Å². The normalized spacial score (nSPS) is 13.3. The Kier molecular flexibility index (Phi) is 49.0. The van der Waals surface area contributed by atoms with E-state index in [9.17, 15) is 19.8 Å². The third-order valence-corrected chi connectivity index (χ3v) is 12.8. The molecule has 0 heterocycles. The Morgan fingerprint density at radius 2 is 0.774 bits per heavy atom. The fourth-order valence-electron chi connectivity index (χ4n) is 8.54. The summed E-state index contributed by atoms with van der Waals surface area (Å²) in [6.07, 6.45) is 58.1. The number of hydrogen-bond acceptors (Lipinski definition) is 5. The molecule has 0 saturated heterocycles. The Bertz CT molecular complexity index is 981. The molecular formula is C56H107NO5. The van der Waals surface area contributed by atoms with Gasteiger partial charge in [-0.15, -0.1) is 0 Å². The molecule has 0 spiro atoms. The Labute approximate surface area is 386 Å². The molecule has 6 nitrogen and oxygen atoms in total. The fourth-order valence-corrected chi connectivity index (χ4v) is 8.54. The molecule has 3 atom stereocenters. The molecule has 6 heteroatoms. The number of unbranched alkanes of at least 4 members (excludes halogenated alkanes) is 34. The van der Waals surface area contributed by atoms with Gasteiger partial charge in [0.1, 0.15) is 6.10 Å². The highest BCUT2D eigenvalue weighted by Crippen LogP contribution is 2.18. The molecule has 0 aliphatic carbocycles. The van der Waals surface area contributed by atoms with Crippen LogP contribution >= 0.6 is 0 Å². The molecule has 0 aromatic heterocycles. The smallest absolute Gasteiger partial charge is 0.306 e. The SMILES string of the molecule is CCCCCCCCC/C=C\CCCCCC(=O)OC(CCCCC/C=C/CCCCCCCCCCC)CC(=O)NC(CO)C(O)CCCCCCCCCCCCCCC. The van der Waals surface area contributed by atoms with Crippen LogP contribution in [-0.2, 0) is 14.3 Å². The Morgan fingerprint density at radius 3 is 1.16 bits per heavy atom. The highest BCUT2D eigenvalue weighted by molar-refractivity contribution is 5.77. The zero-order valence-corrected chi connectivity index (χ0v) is 41.8. The van der Waals surface area contributed by atoms with E-state index < -0.39 is 18.2 Å². The number of carbonyl (C=O) groups excluding carboxylic acids is 2. The number of amides is 1. The third kappa shape index (κ3) is 44.9. The summed E-state index contributed by atoms with van der Waals surface area (Å²) in [5.41, 5.74) is 0. The van der Waals surface area contributed by atoms with Crippen molar-refractivity contribution in [2.45, 2.75) is 315 Å². The first kappa shape index (κ1) is 60.3. The molecular weight excluding hydrogens is 767 g/mol. The molecule has 0 aliphatic heterocycles. The number of nitrogens with one attached hydrogen (secondary N) is 1. The second-order valence-electron chi connectivity index (χ2n) is 19.0. The van der Waals surface area contributed by atoms with Crippen LogP contribution in [-0.4, -0.2) is 46.9 Å². The lowest BCUT2D eigenvalue weighted by molar-refractivity contribution is -0.151. The van der Waals surface area contributed by atoms with Crippen LogP contribution in [0, 0.1) is 0 Å². The Hall–Kier alpha value is -1.66. The first-order valence-electron chi connectivity index (χ1n) is 27.6. The van der Waals surface area contributed by atoms with Crippen molar-refractivity contribution in [2.75, 3.05) is 6.61 Å². The Balaban J connectivity index is 4.59. The second-order valence-corrected chi connectivity index (χ2v) is 19.0. The van der Waals surface area contributed by atoms with Crippen LogP contribution in [0.2, 0.25) is 0 Å². The highest BCUT2D eigenvalue weighted by atomic mass is 16.5. The van der Waals surface area contributed by atoms with E-state index in [1.807, 2.05) is 0 Å². The number of hydrogen-bond donors (Lipinski definition) is 3. The van der Waals surface area contributed by atoms with Crippen molar-refractivity contribution in [3.05, 3.63) is 24.3 Å². The van der Waals surface area contributed by atoms with E-state index in [0.29, 0.717) is 19.3 Å². The molecule has 0 rings (SSSR count). The molecule has 3 N–H and O–H groups in total. The van der Waals surface area contributed by atoms with Crippen molar-refractivity contribution >= 4 is 11.9 Å². The standard InChI is InChI=1S/C56H107NO5/c1-4-7-10-13-16-19-22-25-27-28-30-32-35-38-41-44-47-52(62-56(61)49-46-43-40-37-34-31-26-23-20-17-14-11-8-5-2)50-55(60)57-53(51-58)54(59)48-45-42-39-36-33-29-24-21-18-15-12-9-6-3/h30-32,34,52-54,58-59H,4-29,33,35-51H2,1-3H3,(H,57,60)/b32-30+,34-31-. The largest absolute Gasteiger partial charge is 0.462 e. The van der Waals surface area contributed by atoms with Gasteiger partial charge in [0.25, 0.3) is 0 Å². The number of carbonyl (C=O) groups is 2. The van der Waals surface area contributed by atoms with Crippen molar-refractivity contribution < 1.29 is 24.5 Å². The van der Waals surface area contributed by atoms with Gasteiger partial charge >= 0.3 is 5.97 Å². The van der Waals surface area contributed by atoms with Gasteiger partial charge in [-0.1, -0.05) is 231 Å². The van der Waals surface area contributed by atoms with Crippen molar-refractivity contribution in [3.8, 4) is 0 Å². The minimum absolute atomic E-state index is 0.0654. The second kappa shape index (κ2) is 50.3. The number of aliphatic hydroxyl groups is 2. The quantitative estimate of drug-likeness (QED) is 0.0321. The van der Waals surface area contributed by atoms with Crippen molar-refractivity contribution in [2.24, 2.45) is 0 Å². The minimum atomic E-state index is -0.791. The highest BCUT2D eigenvalue weighted by Gasteiger charge is 2.24. The van der Waals surface area contributed by atoms with Gasteiger partial charge in [0.2, 0.25) is 5.91 Å². The minimum Gasteiger partial charge on any atom is -0.462 e. The maximum Gasteiger partial charge on any atom is 0.306 e. The van der Waals surface area contributed by atoms with Crippen LogP contribution in [0.25, 0.3) is 0 Å². The van der Waals surface area contributed by atoms with E-state index >= 15 is 0 Å². The summed E-state index contributed by atoms with van der Waals surface area (Å²) < 4.78 is 5.93. The number of allylic oxidation sites excluding steroid dienone is 4. The van der Waals surface area contributed by atoms with Crippen LogP contribution in [0.4, 0.5) is 0 Å². The average Bonchev–Trinajstić information content (AvgIpc) is 3.26. The first-order valence-corrected chi connectivity index (χ1v) is 27.6. The van der Waals surface area contributed by atoms with Crippen LogP contribution in [0.5, 0.6) is 0 Å². The molecule has 0 aromatic carbocycles. The maximum atomic E-state index is 13.2. The van der Waals surface area contributed by atoms with Crippen molar-refractivity contribution in [3.63, 3.8) is 0 Å². The van der Waals surface area contributed by atoms with Crippen LogP contribution in [0.1, 0.15) is 297 Å². The molecule has 366 valence electrons. The molecule has 0 saturated carbocycles. The topological polar surface area (TPSA) is 95.9 Å². The third-order valence-electron chi connectivity index (χ3n) is 12.8. The van der Waals surface area contributed by atoms with E-state index in [4.69, 9.17) is 4.74 Å². The molecule has 0 bridgehead atoms. The summed E-state index contributed by atoms with van der Waals surface area (Å²) in [4.78, 5) is 26.2. The predicted molar refractivity (Wildman–Crippen MR) is 269 cm³/mol. The van der Waals surface area contributed by atoms with Gasteiger partial charge in [-0.25, -0.2) is 0 Å². The van der Waals surface area contributed by atoms with E-state index in [1.54, 1.807) is 0 Å². The first-order chi connectivity index (χ1) is 30.5. The Morgan fingerprint density at radius 1 is 0.452 bits per heavy atom. The number of rotatable bonds is 50. The molecule has 3 unspecified atom stereocenters. The molecule has 0 aromatic rings. The summed E-state index contributed by atoms with van der Waals surface area (Å²) in [5, 5.41) is 23.8. The molecule has 0 aliphatic rings. The van der Waals surface area contributed by atoms with Gasteiger partial charge in [-0.05, 0) is 77.0 Å². The van der Waals surface area contributed by atoms with Gasteiger partial charge in [0.05, 0.1) is 25.2 Å². The van der Waals surface area contributed by atoms with Gasteiger partial charge < -0.3 is 20.3 Å². The lowest BCUT2D eigenvalue weighted by Gasteiger charge is -2.24. The van der Waals surface area contributed by atoms with E-state index in [2.05, 4.69) is 50.4 Å². The van der Waals surface area contributed by atoms with E-state index in [0.717, 1.165) is 64.2 Å². The maximum absolute atomic E-state index is 13.2. The molecule has 62 heavy (non-hydrogen) atoms. The molecule has 1 amide bonds. The molecule has 0 fully saturated rings. The lowest BCUT2D eigenvalue weighted by atomic mass is 10.0. The monoisotopic (exact) mass is 874 g/mol. The molecule has 0 radical (unpaired) electrons. The van der Waals surface area contributed by atoms with Crippen LogP contribution < -0.4 is 5.32 Å². The van der Waals surface area contributed by atoms with Gasteiger partial charge in [-0.2, -0.15) is 0 Å². The number of esters is 1. The fraction of sp³-hybridized carbons (Fsp3) is 0.893. The summed E-state index contributed by atoms with van der Waals surface area (Å²) in [5.74, 6) is -0.494. The van der Waals surface area contributed by atoms with E-state index in [-0.39, 0.29) is 24.9 Å². The predicted octanol–water partition coefficient (Wildman–Crippen LogP) is 16.7. The van der Waals surface area contributed by atoms with E-state index in [1.165, 1.54) is 186 Å². The van der Waals surface area contributed by atoms with Crippen molar-refractivity contribution in [1.29, 1.82) is 0 Å².